The molecule has 724 valence electrons. The number of benzene rings is 12. The minimum Gasteiger partial charge on any atom is -0.489 e. The number of nitrogen functional groups attached to an aromatic ring is 4. The Morgan fingerprint density at radius 2 is 0.676 bits per heavy atom. The molecule has 2 fully saturated rings. The van der Waals surface area contributed by atoms with Crippen LogP contribution in [0.1, 0.15) is 102 Å². The average molecular weight is 1930 g/mol. The van der Waals surface area contributed by atoms with Gasteiger partial charge in [-0.1, -0.05) is 128 Å². The molecule has 9 heterocycles. The molecule has 1 aliphatic carbocycles. The largest absolute Gasteiger partial charge is 0.489 e. The number of carbonyl (C=O) groups is 1. The second-order valence-corrected chi connectivity index (χ2v) is 35.2. The van der Waals surface area contributed by atoms with E-state index in [2.05, 4.69) is 56.1 Å². The summed E-state index contributed by atoms with van der Waals surface area (Å²) in [6, 6.07) is 96.0. The maximum atomic E-state index is 12.0. The maximum absolute atomic E-state index is 12.0. The summed E-state index contributed by atoms with van der Waals surface area (Å²) in [4.78, 5) is 48.2. The van der Waals surface area contributed by atoms with Gasteiger partial charge in [0.1, 0.15) is 167 Å². The quantitative estimate of drug-likeness (QED) is 0.0391. The number of ether oxygens (including phenoxy) is 8. The zero-order valence-electron chi connectivity index (χ0n) is 80.7. The van der Waals surface area contributed by atoms with E-state index >= 15 is 0 Å². The molecule has 22 rings (SSSR count). The number of aromatic nitrogens is 16. The Hall–Kier alpha value is -18.6. The minimum absolute atomic E-state index is 0.0165. The summed E-state index contributed by atoms with van der Waals surface area (Å²) in [6.07, 6.45) is 12.3. The number of hydrogen-bond donors (Lipinski definition) is 4. The van der Waals surface area contributed by atoms with Crippen LogP contribution in [0.5, 0.6) is 69.0 Å². The van der Waals surface area contributed by atoms with E-state index in [0.717, 1.165) is 178 Å². The van der Waals surface area contributed by atoms with Crippen LogP contribution in [0.2, 0.25) is 0 Å². The minimum atomic E-state index is 0.0165. The second kappa shape index (κ2) is 43.8. The molecule has 1 saturated heterocycles. The summed E-state index contributed by atoms with van der Waals surface area (Å²) < 4.78 is 55.6. The summed E-state index contributed by atoms with van der Waals surface area (Å²) >= 11 is 0. The number of para-hydroxylation sites is 3. The predicted octanol–water partition coefficient (Wildman–Crippen LogP) is 23.0. The SMILES string of the molecule is CC(=O)N1CCC[C@@H](n2nc(-c3ccc(Oc4cccc(COc5ccccc5C)c4)cc3)c3c(N)ncnc32)C1.Cc1ccccc1OCc1cccc(Oc2ccc(-c3nn(C)c4ncnc(N)c34)cc2)c1.Cc1ccccc1OCc1cccc(Oc2ccc(-c3nn(C4CCCC4)c4ncnc(N)c34)cc2)c1.Cn1nc(-c2ccc(Oc3cccc(OCc4ccccc4C#N)c3)cc2)c2c(N)ncnc21. The number of nitrogens with zero attached hydrogens (tertiary/aromatic N) is 18. The molecule has 31 heteroatoms. The molecule has 0 spiro atoms. The number of fused-ring (bicyclic) bond motifs is 4. The van der Waals surface area contributed by atoms with Crippen molar-refractivity contribution in [2.75, 3.05) is 36.0 Å². The van der Waals surface area contributed by atoms with Gasteiger partial charge in [-0.25, -0.2) is 58.6 Å². The highest BCUT2D eigenvalue weighted by atomic mass is 16.5. The molecular weight excluding hydrogens is 1820 g/mol. The summed E-state index contributed by atoms with van der Waals surface area (Å²) in [5.41, 5.74) is 42.1. The van der Waals surface area contributed by atoms with E-state index in [1.165, 1.54) is 38.2 Å². The summed E-state index contributed by atoms with van der Waals surface area (Å²) in [5.74, 6) is 10.7. The number of anilines is 4. The van der Waals surface area contributed by atoms with Gasteiger partial charge in [0, 0.05) is 68.0 Å². The molecule has 1 aliphatic heterocycles. The van der Waals surface area contributed by atoms with Crippen LogP contribution in [0.3, 0.4) is 0 Å². The third-order valence-corrected chi connectivity index (χ3v) is 25.1. The van der Waals surface area contributed by atoms with Crippen LogP contribution in [0.25, 0.3) is 89.2 Å². The van der Waals surface area contributed by atoms with Gasteiger partial charge in [-0.2, -0.15) is 25.7 Å². The van der Waals surface area contributed by atoms with Gasteiger partial charge in [-0.05, 0) is 250 Å². The van der Waals surface area contributed by atoms with E-state index in [1.54, 1.807) is 22.4 Å². The summed E-state index contributed by atoms with van der Waals surface area (Å²) in [7, 11) is 3.66. The number of nitriles is 1. The molecule has 145 heavy (non-hydrogen) atoms. The van der Waals surface area contributed by atoms with Gasteiger partial charge in [0.2, 0.25) is 5.91 Å². The Morgan fingerprint density at radius 3 is 1.06 bits per heavy atom. The molecule has 12 aromatic carbocycles. The first kappa shape index (κ1) is 95.3. The summed E-state index contributed by atoms with van der Waals surface area (Å²) in [6.45, 7) is 10.8. The van der Waals surface area contributed by atoms with Crippen molar-refractivity contribution in [3.63, 3.8) is 0 Å². The number of aryl methyl sites for hydroxylation is 5. The molecule has 8 aromatic heterocycles. The van der Waals surface area contributed by atoms with Gasteiger partial charge in [0.25, 0.3) is 0 Å². The fourth-order valence-corrected chi connectivity index (χ4v) is 17.7. The molecule has 1 atom stereocenters. The standard InChI is InChI=1S/C32H32N6O3.C30H29N5O2.C26H20N6O2.C26H23N5O2/c1-21-7-3-4-11-28(21)40-19-23-8-5-10-27(17-23)41-26-14-12-24(13-15-26)30-29-31(33)34-20-35-32(29)38(36-30)25-9-6-16-37(18-25)22(2)39;1-20-7-2-5-12-26(20)36-18-21-8-6-11-25(17-21)37-24-15-13-22(14-16-24)28-27-29(31)32-19-33-30(27)35(34-28)23-9-3-4-10-23;1-32-26-23(25(28)29-16-30-26)24(31-32)17-9-11-20(12-10-17)34-22-8-4-7-21(13-22)33-15-19-6-3-2-5-18(19)14-27;1-17-6-3-4-9-22(17)32-15-18-7-5-8-21(14-18)33-20-12-10-19(11-13-20)24-23-25(27)28-16-29-26(23)31(2)30-24/h3-5,7-8,10-15,17,20,25H,6,9,16,18-19H2,1-2H3,(H2,33,34,35);2,5-8,11-17,19,23H,3-4,9-10,18H2,1H3,(H2,31,32,33);2-13,16H,15H2,1H3,(H2,28,29,30);3-14,16H,15H2,1-2H3,(H2,27,28,29)/t25-;;;/m1.../s1. The van der Waals surface area contributed by atoms with Crippen molar-refractivity contribution >= 4 is 73.3 Å². The lowest BCUT2D eigenvalue weighted by molar-refractivity contribution is -0.130. The van der Waals surface area contributed by atoms with E-state index in [-0.39, 0.29) is 11.9 Å². The van der Waals surface area contributed by atoms with E-state index in [1.807, 2.05) is 334 Å². The number of piperidine rings is 1. The third kappa shape index (κ3) is 22.3. The monoisotopic (exact) mass is 1920 g/mol. The average Bonchev–Trinajstić information content (AvgIpc) is 1.61. The van der Waals surface area contributed by atoms with Crippen LogP contribution in [0.15, 0.2) is 316 Å². The number of carbonyl (C=O) groups excluding carboxylic acids is 1. The van der Waals surface area contributed by atoms with Gasteiger partial charge in [0.15, 0.2) is 22.6 Å². The van der Waals surface area contributed by atoms with Crippen molar-refractivity contribution in [1.82, 2.24) is 83.9 Å². The van der Waals surface area contributed by atoms with Crippen molar-refractivity contribution < 1.29 is 42.7 Å². The Labute approximate surface area is 836 Å². The van der Waals surface area contributed by atoms with Crippen LogP contribution < -0.4 is 60.8 Å². The first-order chi connectivity index (χ1) is 70.8. The van der Waals surface area contributed by atoms with Gasteiger partial charge < -0.3 is 65.7 Å². The topological polar surface area (TPSA) is 396 Å². The van der Waals surface area contributed by atoms with Gasteiger partial charge in [-0.3, -0.25) is 4.79 Å². The van der Waals surface area contributed by atoms with Gasteiger partial charge in [-0.15, -0.1) is 0 Å². The Morgan fingerprint density at radius 1 is 0.345 bits per heavy atom. The van der Waals surface area contributed by atoms with E-state index in [4.69, 9.17) is 71.0 Å². The zero-order valence-corrected chi connectivity index (χ0v) is 80.7. The maximum Gasteiger partial charge on any atom is 0.219 e. The predicted molar refractivity (Wildman–Crippen MR) is 559 cm³/mol. The van der Waals surface area contributed by atoms with Crippen LogP contribution in [-0.4, -0.2) is 103 Å². The van der Waals surface area contributed by atoms with E-state index in [9.17, 15) is 10.1 Å². The Kier molecular flexibility index (Phi) is 28.8. The molecule has 1 amide bonds. The van der Waals surface area contributed by atoms with Crippen LogP contribution >= 0.6 is 0 Å². The van der Waals surface area contributed by atoms with Crippen LogP contribution in [0, 0.1) is 32.1 Å². The highest BCUT2D eigenvalue weighted by Crippen LogP contribution is 2.42. The van der Waals surface area contributed by atoms with Crippen molar-refractivity contribution in [3.8, 4) is 120 Å². The molecule has 31 nitrogen and oxygen atoms in total. The van der Waals surface area contributed by atoms with Gasteiger partial charge >= 0.3 is 0 Å². The van der Waals surface area contributed by atoms with Crippen LogP contribution in [0.4, 0.5) is 23.3 Å². The smallest absolute Gasteiger partial charge is 0.219 e. The first-order valence-electron chi connectivity index (χ1n) is 47.6. The molecule has 0 bridgehead atoms. The van der Waals surface area contributed by atoms with Crippen LogP contribution in [-0.2, 0) is 45.3 Å². The third-order valence-electron chi connectivity index (χ3n) is 25.1. The van der Waals surface area contributed by atoms with Gasteiger partial charge in [0.05, 0.1) is 45.3 Å². The zero-order chi connectivity index (χ0) is 99.8. The van der Waals surface area contributed by atoms with Crippen molar-refractivity contribution in [2.24, 2.45) is 14.1 Å². The molecule has 2 aliphatic rings. The van der Waals surface area contributed by atoms with E-state index in [0.29, 0.717) is 119 Å². The lowest BCUT2D eigenvalue weighted by atomic mass is 10.1. The Balaban J connectivity index is 0.000000123. The summed E-state index contributed by atoms with van der Waals surface area (Å²) in [5, 5.41) is 31.3. The lowest BCUT2D eigenvalue weighted by Gasteiger charge is -2.32. The van der Waals surface area contributed by atoms with E-state index < -0.39 is 0 Å². The molecule has 1 saturated carbocycles. The molecule has 0 unspecified atom stereocenters. The normalized spacial score (nSPS) is 12.8. The highest BCUT2D eigenvalue weighted by Gasteiger charge is 2.30. The van der Waals surface area contributed by atoms with Crippen molar-refractivity contribution in [3.05, 3.63) is 361 Å². The lowest BCUT2D eigenvalue weighted by Crippen LogP contribution is -2.39. The first-order valence-corrected chi connectivity index (χ1v) is 47.6. The fraction of sp³-hybridized carbons (Fsp3) is 0.175. The molecule has 20 aromatic rings. The molecule has 8 N–H and O–H groups in total. The molecule has 0 radical (unpaired) electrons. The number of likely N-dealkylation sites (tertiary alicyclic amines) is 1. The van der Waals surface area contributed by atoms with Crippen molar-refractivity contribution in [1.29, 1.82) is 5.26 Å². The Bertz CT molecular complexity index is 8060. The highest BCUT2D eigenvalue weighted by molar-refractivity contribution is 6.01. The van der Waals surface area contributed by atoms with Crippen molar-refractivity contribution in [2.45, 2.75) is 105 Å². The fourth-order valence-electron chi connectivity index (χ4n) is 17.7. The second-order valence-electron chi connectivity index (χ2n) is 35.2. The number of hydrogen-bond acceptors (Lipinski definition) is 26. The number of amides is 1. The number of rotatable bonds is 26. The number of nitrogens with two attached hydrogens (primary N) is 4. The molecular formula is C114H104N22O9.